The molecular formula is C17H17ClFIN2O3S. The number of nitrogens with zero attached hydrogens (tertiary/aromatic N) is 1. The minimum absolute atomic E-state index is 0.174. The molecule has 0 bridgehead atoms. The standard InChI is InChI=1S/C17H17ClFIN2O3S/c1-10-15(21-14-4-3-12(20)7-13(14)19)11(8-22(2)16(10)23)9-26(24,25)17(18)5-6-17/h3-4,7-8,21H,5-6,9H2,1-2H3. The van der Waals surface area contributed by atoms with E-state index in [4.69, 9.17) is 11.6 Å². The van der Waals surface area contributed by atoms with Crippen LogP contribution >= 0.6 is 34.2 Å². The highest BCUT2D eigenvalue weighted by atomic mass is 127. The van der Waals surface area contributed by atoms with Crippen LogP contribution in [0.5, 0.6) is 0 Å². The number of alkyl halides is 1. The van der Waals surface area contributed by atoms with Crippen LogP contribution in [0.15, 0.2) is 29.2 Å². The van der Waals surface area contributed by atoms with Gasteiger partial charge in [0.2, 0.25) is 0 Å². The Morgan fingerprint density at radius 1 is 1.38 bits per heavy atom. The fourth-order valence-corrected chi connectivity index (χ4v) is 5.04. The van der Waals surface area contributed by atoms with Crippen molar-refractivity contribution in [2.24, 2.45) is 7.05 Å². The molecule has 0 unspecified atom stereocenters. The zero-order chi connectivity index (χ0) is 19.3. The molecule has 0 amide bonds. The Balaban J connectivity index is 2.08. The second-order valence-electron chi connectivity index (χ2n) is 6.46. The van der Waals surface area contributed by atoms with Gasteiger partial charge in [-0.05, 0) is 60.6 Å². The van der Waals surface area contributed by atoms with Crippen LogP contribution in [0.4, 0.5) is 15.8 Å². The molecule has 1 fully saturated rings. The third-order valence-corrected chi connectivity index (χ3v) is 8.39. The number of hydrogen-bond acceptors (Lipinski definition) is 4. The summed E-state index contributed by atoms with van der Waals surface area (Å²) < 4.78 is 40.2. The molecule has 9 heteroatoms. The zero-order valence-electron chi connectivity index (χ0n) is 14.1. The van der Waals surface area contributed by atoms with Gasteiger partial charge in [0.05, 0.1) is 17.1 Å². The lowest BCUT2D eigenvalue weighted by Crippen LogP contribution is -2.25. The van der Waals surface area contributed by atoms with Crippen molar-refractivity contribution in [1.29, 1.82) is 0 Å². The van der Waals surface area contributed by atoms with E-state index >= 15 is 0 Å². The van der Waals surface area contributed by atoms with Gasteiger partial charge >= 0.3 is 0 Å². The highest BCUT2D eigenvalue weighted by Crippen LogP contribution is 2.49. The van der Waals surface area contributed by atoms with Gasteiger partial charge in [-0.15, -0.1) is 11.6 Å². The smallest absolute Gasteiger partial charge is 0.255 e. The average molecular weight is 511 g/mol. The molecule has 1 saturated carbocycles. The molecule has 1 aliphatic rings. The van der Waals surface area contributed by atoms with Gasteiger partial charge in [-0.2, -0.15) is 0 Å². The molecular weight excluding hydrogens is 494 g/mol. The molecule has 140 valence electrons. The van der Waals surface area contributed by atoms with Crippen LogP contribution in [0.1, 0.15) is 24.0 Å². The van der Waals surface area contributed by atoms with Crippen molar-refractivity contribution < 1.29 is 12.8 Å². The van der Waals surface area contributed by atoms with Gasteiger partial charge in [0.25, 0.3) is 5.56 Å². The molecule has 1 aromatic heterocycles. The molecule has 26 heavy (non-hydrogen) atoms. The van der Waals surface area contributed by atoms with E-state index in [0.29, 0.717) is 29.7 Å². The predicted octanol–water partition coefficient (Wildman–Crippen LogP) is 3.82. The molecule has 1 N–H and O–H groups in total. The van der Waals surface area contributed by atoms with Crippen LogP contribution in [0.2, 0.25) is 0 Å². The largest absolute Gasteiger partial charge is 0.352 e. The highest BCUT2D eigenvalue weighted by Gasteiger charge is 2.52. The number of halogens is 3. The first kappa shape index (κ1) is 19.6. The molecule has 0 spiro atoms. The summed E-state index contributed by atoms with van der Waals surface area (Å²) in [6.45, 7) is 1.58. The molecule has 0 saturated heterocycles. The molecule has 1 heterocycles. The van der Waals surface area contributed by atoms with E-state index in [9.17, 15) is 17.6 Å². The highest BCUT2D eigenvalue weighted by molar-refractivity contribution is 14.1. The lowest BCUT2D eigenvalue weighted by atomic mass is 10.1. The summed E-state index contributed by atoms with van der Waals surface area (Å²) in [7, 11) is -2.05. The van der Waals surface area contributed by atoms with Gasteiger partial charge < -0.3 is 9.88 Å². The van der Waals surface area contributed by atoms with Crippen LogP contribution in [-0.4, -0.2) is 17.2 Å². The fraction of sp³-hybridized carbons (Fsp3) is 0.353. The maximum atomic E-state index is 14.2. The first-order valence-electron chi connectivity index (χ1n) is 7.86. The predicted molar refractivity (Wildman–Crippen MR) is 109 cm³/mol. The molecule has 1 aromatic carbocycles. The van der Waals surface area contributed by atoms with Crippen molar-refractivity contribution in [3.8, 4) is 0 Å². The fourth-order valence-electron chi connectivity index (χ4n) is 2.72. The van der Waals surface area contributed by atoms with E-state index in [-0.39, 0.29) is 17.0 Å². The second-order valence-corrected chi connectivity index (χ2v) is 11.0. The van der Waals surface area contributed by atoms with Crippen molar-refractivity contribution in [2.45, 2.75) is 29.7 Å². The lowest BCUT2D eigenvalue weighted by molar-refractivity contribution is 0.590. The zero-order valence-corrected chi connectivity index (χ0v) is 17.9. The summed E-state index contributed by atoms with van der Waals surface area (Å²) in [5.41, 5.74) is 0.892. The molecule has 0 radical (unpaired) electrons. The Morgan fingerprint density at radius 3 is 2.62 bits per heavy atom. The maximum absolute atomic E-state index is 14.2. The minimum Gasteiger partial charge on any atom is -0.352 e. The minimum atomic E-state index is -3.60. The Hall–Kier alpha value is -1.13. The van der Waals surface area contributed by atoms with Gasteiger partial charge in [-0.3, -0.25) is 4.79 Å². The number of hydrogen-bond donors (Lipinski definition) is 1. The summed E-state index contributed by atoms with van der Waals surface area (Å²) in [5.74, 6) is -0.804. The Bertz CT molecular complexity index is 1050. The van der Waals surface area contributed by atoms with E-state index in [2.05, 4.69) is 5.32 Å². The molecule has 0 atom stereocenters. The van der Waals surface area contributed by atoms with E-state index < -0.39 is 19.9 Å². The third kappa shape index (κ3) is 3.63. The van der Waals surface area contributed by atoms with Crippen molar-refractivity contribution >= 4 is 55.4 Å². The van der Waals surface area contributed by atoms with Gasteiger partial charge in [0.1, 0.15) is 10.0 Å². The molecule has 0 aliphatic heterocycles. The molecule has 3 rings (SSSR count). The number of benzene rings is 1. The normalized spacial score (nSPS) is 15.7. The van der Waals surface area contributed by atoms with Crippen LogP contribution in [0.25, 0.3) is 0 Å². The van der Waals surface area contributed by atoms with Gasteiger partial charge in [-0.1, -0.05) is 0 Å². The van der Waals surface area contributed by atoms with Gasteiger partial charge in [0, 0.05) is 27.9 Å². The van der Waals surface area contributed by atoms with E-state index in [1.165, 1.54) is 16.8 Å². The van der Waals surface area contributed by atoms with Crippen molar-refractivity contribution in [3.05, 3.63) is 55.3 Å². The van der Waals surface area contributed by atoms with Crippen LogP contribution in [0, 0.1) is 16.3 Å². The summed E-state index contributed by atoms with van der Waals surface area (Å²) in [5, 5.41) is 2.90. The lowest BCUT2D eigenvalue weighted by Gasteiger charge is -2.18. The van der Waals surface area contributed by atoms with E-state index in [1.54, 1.807) is 26.1 Å². The topological polar surface area (TPSA) is 68.2 Å². The Morgan fingerprint density at radius 2 is 2.04 bits per heavy atom. The molecule has 1 aliphatic carbocycles. The van der Waals surface area contributed by atoms with Crippen LogP contribution < -0.4 is 10.9 Å². The van der Waals surface area contributed by atoms with Gasteiger partial charge in [0.15, 0.2) is 9.84 Å². The monoisotopic (exact) mass is 510 g/mol. The summed E-state index contributed by atoms with van der Waals surface area (Å²) in [6, 6.07) is 4.63. The van der Waals surface area contributed by atoms with Crippen LogP contribution in [-0.2, 0) is 22.6 Å². The summed E-state index contributed by atoms with van der Waals surface area (Å²) in [4.78, 5) is 12.3. The maximum Gasteiger partial charge on any atom is 0.255 e. The quantitative estimate of drug-likeness (QED) is 0.490. The average Bonchev–Trinajstić information content (AvgIpc) is 3.30. The number of anilines is 2. The van der Waals surface area contributed by atoms with Crippen molar-refractivity contribution in [3.63, 3.8) is 0 Å². The van der Waals surface area contributed by atoms with Crippen molar-refractivity contribution in [1.82, 2.24) is 4.57 Å². The molecule has 2 aromatic rings. The Kier molecular flexibility index (Phi) is 5.13. The first-order valence-corrected chi connectivity index (χ1v) is 11.0. The molecule has 5 nitrogen and oxygen atoms in total. The SMILES string of the molecule is Cc1c(Nc2ccc(I)cc2F)c(CS(=O)(=O)C2(Cl)CC2)cn(C)c1=O. The van der Waals surface area contributed by atoms with Crippen LogP contribution in [0.3, 0.4) is 0 Å². The number of aromatic nitrogens is 1. The number of nitrogens with one attached hydrogen (secondary N) is 1. The van der Waals surface area contributed by atoms with E-state index in [1.807, 2.05) is 22.6 Å². The third-order valence-electron chi connectivity index (χ3n) is 4.42. The van der Waals surface area contributed by atoms with Gasteiger partial charge in [-0.25, -0.2) is 12.8 Å². The number of pyridine rings is 1. The van der Waals surface area contributed by atoms with E-state index in [0.717, 1.165) is 3.57 Å². The number of aryl methyl sites for hydroxylation is 1. The Labute approximate surface area is 169 Å². The number of rotatable bonds is 5. The first-order chi connectivity index (χ1) is 12.0. The summed E-state index contributed by atoms with van der Waals surface area (Å²) >= 11 is 8.11. The van der Waals surface area contributed by atoms with Crippen molar-refractivity contribution in [2.75, 3.05) is 5.32 Å². The number of sulfone groups is 1. The second kappa shape index (κ2) is 6.79. The summed E-state index contributed by atoms with van der Waals surface area (Å²) in [6.07, 6.45) is 2.29.